The maximum atomic E-state index is 12.4. The lowest BCUT2D eigenvalue weighted by atomic mass is 10.1. The predicted molar refractivity (Wildman–Crippen MR) is 108 cm³/mol. The molecule has 0 aromatic heterocycles. The first-order valence-corrected chi connectivity index (χ1v) is 9.99. The molecule has 142 valence electrons. The number of rotatable bonds is 7. The summed E-state index contributed by atoms with van der Waals surface area (Å²) in [6.45, 7) is 0. The summed E-state index contributed by atoms with van der Waals surface area (Å²) >= 11 is 7.42. The minimum absolute atomic E-state index is 0.316. The van der Waals surface area contributed by atoms with Crippen LogP contribution in [0.4, 0.5) is 0 Å². The van der Waals surface area contributed by atoms with Crippen LogP contribution in [0.2, 0.25) is 5.02 Å². The molecule has 0 saturated heterocycles. The maximum absolute atomic E-state index is 12.4. The van der Waals surface area contributed by atoms with Gasteiger partial charge in [-0.1, -0.05) is 35.9 Å². The minimum atomic E-state index is -0.773. The Morgan fingerprint density at radius 2 is 1.67 bits per heavy atom. The highest BCUT2D eigenvalue weighted by molar-refractivity contribution is 7.98. The Labute approximate surface area is 167 Å². The van der Waals surface area contributed by atoms with E-state index in [-0.39, 0.29) is 5.91 Å². The van der Waals surface area contributed by atoms with Crippen molar-refractivity contribution in [2.75, 3.05) is 12.0 Å². The molecule has 0 bridgehead atoms. The second-order valence-electron chi connectivity index (χ2n) is 5.63. The summed E-state index contributed by atoms with van der Waals surface area (Å²) in [7, 11) is 0. The van der Waals surface area contributed by atoms with E-state index in [9.17, 15) is 14.4 Å². The van der Waals surface area contributed by atoms with E-state index in [0.29, 0.717) is 28.3 Å². The van der Waals surface area contributed by atoms with E-state index in [4.69, 9.17) is 11.6 Å². The molecular formula is C19H20ClN3O3S. The number of hydrogen-bond acceptors (Lipinski definition) is 4. The highest BCUT2D eigenvalue weighted by atomic mass is 35.5. The van der Waals surface area contributed by atoms with E-state index < -0.39 is 17.9 Å². The molecule has 0 saturated carbocycles. The fourth-order valence-corrected chi connectivity index (χ4v) is 2.90. The standard InChI is InChI=1S/C19H20ClN3O3S/c1-27-11-10-16(21-17(24)13-6-3-2-4-7-13)19(26)23-22-18(25)14-8-5-9-15(20)12-14/h2-9,12,16H,10-11H2,1H3,(H,21,24)(H,22,25)(H,23,26)/t16-/m0/s1. The molecule has 6 nitrogen and oxygen atoms in total. The van der Waals surface area contributed by atoms with Crippen LogP contribution in [-0.4, -0.2) is 35.8 Å². The van der Waals surface area contributed by atoms with Crippen LogP contribution in [0.25, 0.3) is 0 Å². The number of benzene rings is 2. The van der Waals surface area contributed by atoms with Gasteiger partial charge in [0.05, 0.1) is 0 Å². The third-order valence-corrected chi connectivity index (χ3v) is 4.53. The lowest BCUT2D eigenvalue weighted by Crippen LogP contribution is -2.52. The van der Waals surface area contributed by atoms with Crippen LogP contribution in [0.15, 0.2) is 54.6 Å². The number of halogens is 1. The molecule has 2 aromatic rings. The largest absolute Gasteiger partial charge is 0.340 e. The number of nitrogens with one attached hydrogen (secondary N) is 3. The lowest BCUT2D eigenvalue weighted by molar-refractivity contribution is -0.123. The van der Waals surface area contributed by atoms with Gasteiger partial charge < -0.3 is 5.32 Å². The van der Waals surface area contributed by atoms with Crippen molar-refractivity contribution in [1.29, 1.82) is 0 Å². The molecular weight excluding hydrogens is 386 g/mol. The molecule has 3 N–H and O–H groups in total. The maximum Gasteiger partial charge on any atom is 0.269 e. The van der Waals surface area contributed by atoms with Gasteiger partial charge in [-0.05, 0) is 48.8 Å². The Morgan fingerprint density at radius 1 is 0.963 bits per heavy atom. The fourth-order valence-electron chi connectivity index (χ4n) is 2.24. The Hall–Kier alpha value is -2.51. The zero-order valence-corrected chi connectivity index (χ0v) is 16.3. The first-order valence-electron chi connectivity index (χ1n) is 8.22. The quantitative estimate of drug-likeness (QED) is 0.618. The van der Waals surface area contributed by atoms with Crippen LogP contribution in [0.3, 0.4) is 0 Å². The highest BCUT2D eigenvalue weighted by Gasteiger charge is 2.21. The molecule has 1 atom stereocenters. The van der Waals surface area contributed by atoms with Gasteiger partial charge in [0.2, 0.25) is 0 Å². The third kappa shape index (κ3) is 6.62. The number of amides is 3. The van der Waals surface area contributed by atoms with Crippen molar-refractivity contribution in [1.82, 2.24) is 16.2 Å². The van der Waals surface area contributed by atoms with Gasteiger partial charge in [-0.25, -0.2) is 0 Å². The first-order chi connectivity index (χ1) is 13.0. The Kier molecular flexibility index (Phi) is 8.16. The van der Waals surface area contributed by atoms with E-state index >= 15 is 0 Å². The van der Waals surface area contributed by atoms with Crippen molar-refractivity contribution < 1.29 is 14.4 Å². The molecule has 2 rings (SSSR count). The molecule has 0 heterocycles. The van der Waals surface area contributed by atoms with Gasteiger partial charge in [0.15, 0.2) is 0 Å². The first kappa shape index (κ1) is 20.8. The number of carbonyl (C=O) groups is 3. The molecule has 2 aromatic carbocycles. The summed E-state index contributed by atoms with van der Waals surface area (Å²) in [5.41, 5.74) is 5.48. The summed E-state index contributed by atoms with van der Waals surface area (Å²) in [5.74, 6) is -0.666. The smallest absolute Gasteiger partial charge is 0.269 e. The Morgan fingerprint density at radius 3 is 2.33 bits per heavy atom. The molecule has 0 aliphatic carbocycles. The lowest BCUT2D eigenvalue weighted by Gasteiger charge is -2.18. The van der Waals surface area contributed by atoms with Crippen molar-refractivity contribution in [2.24, 2.45) is 0 Å². The predicted octanol–water partition coefficient (Wildman–Crippen LogP) is 2.65. The van der Waals surface area contributed by atoms with Crippen LogP contribution < -0.4 is 16.2 Å². The number of hydrazine groups is 1. The SMILES string of the molecule is CSCC[C@H](NC(=O)c1ccccc1)C(=O)NNC(=O)c1cccc(Cl)c1. The van der Waals surface area contributed by atoms with Crippen molar-refractivity contribution in [2.45, 2.75) is 12.5 Å². The summed E-state index contributed by atoms with van der Waals surface area (Å²) in [6, 6.07) is 14.2. The van der Waals surface area contributed by atoms with Crippen LogP contribution in [0, 0.1) is 0 Å². The highest BCUT2D eigenvalue weighted by Crippen LogP contribution is 2.10. The molecule has 0 aliphatic heterocycles. The molecule has 3 amide bonds. The molecule has 8 heteroatoms. The van der Waals surface area contributed by atoms with E-state index in [2.05, 4.69) is 16.2 Å². The monoisotopic (exact) mass is 405 g/mol. The summed E-state index contributed by atoms with van der Waals surface area (Å²) in [6.07, 6.45) is 2.34. The summed E-state index contributed by atoms with van der Waals surface area (Å²) in [5, 5.41) is 3.12. The third-order valence-electron chi connectivity index (χ3n) is 3.65. The second-order valence-corrected chi connectivity index (χ2v) is 7.05. The van der Waals surface area contributed by atoms with Crippen LogP contribution in [0.1, 0.15) is 27.1 Å². The summed E-state index contributed by atoms with van der Waals surface area (Å²) in [4.78, 5) is 36.9. The number of thioether (sulfide) groups is 1. The topological polar surface area (TPSA) is 87.3 Å². The molecule has 0 fully saturated rings. The van der Waals surface area contributed by atoms with Crippen molar-refractivity contribution >= 4 is 41.1 Å². The minimum Gasteiger partial charge on any atom is -0.340 e. The van der Waals surface area contributed by atoms with Crippen LogP contribution in [-0.2, 0) is 4.79 Å². The van der Waals surface area contributed by atoms with Crippen molar-refractivity contribution in [3.63, 3.8) is 0 Å². The van der Waals surface area contributed by atoms with Gasteiger partial charge in [-0.3, -0.25) is 25.2 Å². The average Bonchev–Trinajstić information content (AvgIpc) is 2.69. The van der Waals surface area contributed by atoms with Gasteiger partial charge in [0, 0.05) is 16.1 Å². The van der Waals surface area contributed by atoms with Gasteiger partial charge >= 0.3 is 0 Å². The van der Waals surface area contributed by atoms with Gasteiger partial charge in [0.25, 0.3) is 17.7 Å². The average molecular weight is 406 g/mol. The normalized spacial score (nSPS) is 11.3. The van der Waals surface area contributed by atoms with Crippen LogP contribution >= 0.6 is 23.4 Å². The Balaban J connectivity index is 1.97. The van der Waals surface area contributed by atoms with Crippen molar-refractivity contribution in [3.05, 3.63) is 70.7 Å². The molecule has 0 unspecified atom stereocenters. The Bertz CT molecular complexity index is 802. The second kappa shape index (κ2) is 10.6. The summed E-state index contributed by atoms with van der Waals surface area (Å²) < 4.78 is 0. The number of carbonyl (C=O) groups excluding carboxylic acids is 3. The number of hydrogen-bond donors (Lipinski definition) is 3. The van der Waals surface area contributed by atoms with Crippen LogP contribution in [0.5, 0.6) is 0 Å². The molecule has 0 aliphatic rings. The molecule has 0 radical (unpaired) electrons. The molecule has 27 heavy (non-hydrogen) atoms. The van der Waals surface area contributed by atoms with Gasteiger partial charge in [-0.15, -0.1) is 0 Å². The van der Waals surface area contributed by atoms with Crippen molar-refractivity contribution in [3.8, 4) is 0 Å². The van der Waals surface area contributed by atoms with E-state index in [1.165, 1.54) is 6.07 Å². The molecule has 0 spiro atoms. The van der Waals surface area contributed by atoms with E-state index in [1.807, 2.05) is 6.26 Å². The fraction of sp³-hybridized carbons (Fsp3) is 0.211. The van der Waals surface area contributed by atoms with Gasteiger partial charge in [-0.2, -0.15) is 11.8 Å². The van der Waals surface area contributed by atoms with E-state index in [1.54, 1.807) is 60.3 Å². The van der Waals surface area contributed by atoms with E-state index in [0.717, 1.165) is 0 Å². The zero-order chi connectivity index (χ0) is 19.6. The zero-order valence-electron chi connectivity index (χ0n) is 14.7. The van der Waals surface area contributed by atoms with Gasteiger partial charge in [0.1, 0.15) is 6.04 Å².